The normalized spacial score (nSPS) is 7.60. The molecule has 10 heavy (non-hydrogen) atoms. The van der Waals surface area contributed by atoms with Gasteiger partial charge in [-0.2, -0.15) is 0 Å². The van der Waals surface area contributed by atoms with Crippen LogP contribution in [-0.4, -0.2) is 0 Å². The van der Waals surface area contributed by atoms with E-state index in [1.54, 1.807) is 0 Å². The zero-order chi connectivity index (χ0) is 7.66. The molecule has 0 bridgehead atoms. The van der Waals surface area contributed by atoms with Gasteiger partial charge in [0.25, 0.3) is 0 Å². The summed E-state index contributed by atoms with van der Waals surface area (Å²) in [5, 5.41) is 0. The Labute approximate surface area is 64.0 Å². The van der Waals surface area contributed by atoms with Crippen molar-refractivity contribution in [1.29, 1.82) is 0 Å². The van der Waals surface area contributed by atoms with Crippen LogP contribution in [0.15, 0.2) is 0 Å². The first-order chi connectivity index (χ1) is 4.91. The van der Waals surface area contributed by atoms with Crippen LogP contribution in [0, 0.1) is 31.1 Å². The molecule has 52 valence electrons. The molecule has 0 aliphatic carbocycles. The van der Waals surface area contributed by atoms with E-state index in [1.807, 2.05) is 5.92 Å². The molecule has 0 unspecified atom stereocenters. The molecule has 0 aliphatic rings. The molecule has 0 atom stereocenters. The van der Waals surface area contributed by atoms with Gasteiger partial charge in [-0.1, -0.05) is 32.1 Å². The lowest BCUT2D eigenvalue weighted by molar-refractivity contribution is 0.701. The first kappa shape index (κ1) is 9.12. The molecule has 0 heteroatoms. The summed E-state index contributed by atoms with van der Waals surface area (Å²) in [7, 11) is 0. The second-order valence-corrected chi connectivity index (χ2v) is 2.09. The highest BCUT2D eigenvalue weighted by Gasteiger charge is 1.82. The average molecular weight is 132 g/mol. The highest BCUT2D eigenvalue weighted by atomic mass is 13.9. The highest BCUT2D eigenvalue weighted by molar-refractivity contribution is 5.18. The average Bonchev–Trinajstić information content (AvgIpc) is 1.97. The van der Waals surface area contributed by atoms with Crippen molar-refractivity contribution in [1.82, 2.24) is 0 Å². The van der Waals surface area contributed by atoms with Crippen LogP contribution >= 0.6 is 0 Å². The predicted octanol–water partition coefficient (Wildman–Crippen LogP) is 2.36. The van der Waals surface area contributed by atoms with Crippen molar-refractivity contribution in [3.05, 3.63) is 13.3 Å². The van der Waals surface area contributed by atoms with Gasteiger partial charge in [0.15, 0.2) is 0 Å². The van der Waals surface area contributed by atoms with E-state index in [0.29, 0.717) is 0 Å². The third-order valence-electron chi connectivity index (χ3n) is 1.20. The summed E-state index contributed by atoms with van der Waals surface area (Å²) in [5.41, 5.74) is 0. The molecule has 0 aliphatic heterocycles. The summed E-state index contributed by atoms with van der Waals surface area (Å²) in [6.45, 7) is 3.74. The fourth-order valence-electron chi connectivity index (χ4n) is 0.674. The Kier molecular flexibility index (Phi) is 7.41. The van der Waals surface area contributed by atoms with Crippen LogP contribution in [0.4, 0.5) is 0 Å². The van der Waals surface area contributed by atoms with E-state index >= 15 is 0 Å². The Morgan fingerprint density at radius 2 is 2.00 bits per heavy atom. The van der Waals surface area contributed by atoms with Gasteiger partial charge in [-0.3, -0.25) is 0 Å². The Hall–Kier alpha value is -0.880. The van der Waals surface area contributed by atoms with Gasteiger partial charge in [0.2, 0.25) is 0 Å². The second-order valence-electron chi connectivity index (χ2n) is 2.09. The number of unbranched alkanes of at least 4 members (excludes halogenated alkanes) is 4. The van der Waals surface area contributed by atoms with E-state index in [2.05, 4.69) is 18.8 Å². The molecule has 0 rings (SSSR count). The van der Waals surface area contributed by atoms with Crippen LogP contribution in [0.2, 0.25) is 0 Å². The lowest BCUT2D eigenvalue weighted by atomic mass is 10.2. The standard InChI is InChI=1S/C10H12/c1-3-5-7-9-10-8-6-4-2/h1,3,5,7,9-10H2. The maximum absolute atomic E-state index is 6.49. The van der Waals surface area contributed by atoms with Crippen LogP contribution < -0.4 is 0 Å². The van der Waals surface area contributed by atoms with E-state index in [9.17, 15) is 0 Å². The maximum Gasteiger partial charge on any atom is 0.00989 e. The summed E-state index contributed by atoms with van der Waals surface area (Å²) in [6.07, 6.45) is 11.9. The smallest absolute Gasteiger partial charge is 0.00989 e. The first-order valence-corrected chi connectivity index (χ1v) is 3.60. The molecule has 0 spiro atoms. The Balaban J connectivity index is 2.99. The predicted molar refractivity (Wildman–Crippen MR) is 43.3 cm³/mol. The fourth-order valence-corrected chi connectivity index (χ4v) is 0.674. The number of hydrogen-bond donors (Lipinski definition) is 0. The summed E-state index contributed by atoms with van der Waals surface area (Å²) in [6, 6.07) is 0. The fraction of sp³-hybridized carbons (Fsp3) is 0.500. The minimum atomic E-state index is 0.895. The molecular formula is C10H12. The monoisotopic (exact) mass is 132 g/mol. The lowest BCUT2D eigenvalue weighted by Gasteiger charge is -1.90. The van der Waals surface area contributed by atoms with E-state index in [-0.39, 0.29) is 0 Å². The first-order valence-electron chi connectivity index (χ1n) is 3.60. The summed E-state index contributed by atoms with van der Waals surface area (Å²) >= 11 is 0. The summed E-state index contributed by atoms with van der Waals surface area (Å²) in [5.74, 6) is 7.34. The molecule has 0 aromatic rings. The third kappa shape index (κ3) is 7.12. The number of rotatable bonds is 4. The summed E-state index contributed by atoms with van der Waals surface area (Å²) < 4.78 is 0. The molecule has 2 radical (unpaired) electrons. The zero-order valence-electron chi connectivity index (χ0n) is 6.24. The van der Waals surface area contributed by atoms with Gasteiger partial charge in [-0.25, -0.2) is 0 Å². The van der Waals surface area contributed by atoms with Crippen LogP contribution in [0.5, 0.6) is 0 Å². The van der Waals surface area contributed by atoms with Crippen molar-refractivity contribution in [2.75, 3.05) is 0 Å². The molecule has 0 saturated heterocycles. The quantitative estimate of drug-likeness (QED) is 0.407. The molecular weight excluding hydrogens is 120 g/mol. The highest BCUT2D eigenvalue weighted by Crippen LogP contribution is 2.00. The van der Waals surface area contributed by atoms with Crippen LogP contribution in [0.1, 0.15) is 32.1 Å². The van der Waals surface area contributed by atoms with Gasteiger partial charge in [-0.05, 0) is 24.7 Å². The lowest BCUT2D eigenvalue weighted by Crippen LogP contribution is -1.73. The molecule has 0 fully saturated rings. The van der Waals surface area contributed by atoms with Gasteiger partial charge in [0, 0.05) is 6.42 Å². The van der Waals surface area contributed by atoms with Crippen molar-refractivity contribution in [3.63, 3.8) is 0 Å². The van der Waals surface area contributed by atoms with Crippen molar-refractivity contribution in [2.45, 2.75) is 32.1 Å². The van der Waals surface area contributed by atoms with Crippen LogP contribution in [-0.2, 0) is 0 Å². The van der Waals surface area contributed by atoms with Crippen molar-refractivity contribution >= 4 is 0 Å². The minimum absolute atomic E-state index is 0.895. The molecule has 0 heterocycles. The Bertz CT molecular complexity index is 149. The topological polar surface area (TPSA) is 0 Å². The van der Waals surface area contributed by atoms with Crippen molar-refractivity contribution in [2.24, 2.45) is 0 Å². The van der Waals surface area contributed by atoms with E-state index in [4.69, 9.17) is 6.42 Å². The Morgan fingerprint density at radius 1 is 1.20 bits per heavy atom. The van der Waals surface area contributed by atoms with Gasteiger partial charge in [0.05, 0.1) is 0 Å². The van der Waals surface area contributed by atoms with Gasteiger partial charge in [-0.15, -0.1) is 0 Å². The second kappa shape index (κ2) is 8.12. The van der Waals surface area contributed by atoms with E-state index < -0.39 is 0 Å². The third-order valence-corrected chi connectivity index (χ3v) is 1.20. The van der Waals surface area contributed by atoms with Crippen LogP contribution in [0.25, 0.3) is 0 Å². The maximum atomic E-state index is 6.49. The Morgan fingerprint density at radius 3 is 2.60 bits per heavy atom. The van der Waals surface area contributed by atoms with Gasteiger partial charge in [0.1, 0.15) is 0 Å². The SMILES string of the molecule is [C]#CC#CCCCCC[CH2]. The summed E-state index contributed by atoms with van der Waals surface area (Å²) in [4.78, 5) is 0. The minimum Gasteiger partial charge on any atom is -0.0891 e. The zero-order valence-corrected chi connectivity index (χ0v) is 6.24. The van der Waals surface area contributed by atoms with E-state index in [0.717, 1.165) is 19.3 Å². The van der Waals surface area contributed by atoms with Crippen molar-refractivity contribution < 1.29 is 0 Å². The van der Waals surface area contributed by atoms with Crippen LogP contribution in [0.3, 0.4) is 0 Å². The largest absolute Gasteiger partial charge is 0.0891 e. The van der Waals surface area contributed by atoms with Gasteiger partial charge >= 0.3 is 0 Å². The molecule has 0 nitrogen and oxygen atoms in total. The molecule has 0 aromatic heterocycles. The molecule has 0 N–H and O–H groups in total. The number of hydrogen-bond acceptors (Lipinski definition) is 0. The molecule has 0 aromatic carbocycles. The van der Waals surface area contributed by atoms with Crippen molar-refractivity contribution in [3.8, 4) is 17.8 Å². The molecule has 0 saturated carbocycles. The van der Waals surface area contributed by atoms with E-state index in [1.165, 1.54) is 12.8 Å². The molecule has 0 amide bonds. The van der Waals surface area contributed by atoms with Gasteiger partial charge < -0.3 is 0 Å².